The first-order chi connectivity index (χ1) is 8.83. The van der Waals surface area contributed by atoms with Gasteiger partial charge in [0.25, 0.3) is 0 Å². The minimum Gasteiger partial charge on any atom is -0.361 e. The van der Waals surface area contributed by atoms with Crippen LogP contribution in [0, 0.1) is 0 Å². The lowest BCUT2D eigenvalue weighted by Gasteiger charge is -2.27. The van der Waals surface area contributed by atoms with Gasteiger partial charge in [0, 0.05) is 41.3 Å². The van der Waals surface area contributed by atoms with Crippen molar-refractivity contribution in [2.45, 2.75) is 0 Å². The molecule has 1 aromatic rings. The molecule has 0 amide bonds. The predicted molar refractivity (Wildman–Crippen MR) is 57.1 cm³/mol. The normalized spacial score (nSPS) is 44.9. The molecular formula is C8H11BrN2S. The summed E-state index contributed by atoms with van der Waals surface area (Å²) in [5, 5.41) is 3.48. The minimum absolute atomic E-state index is 0.0983. The van der Waals surface area contributed by atoms with Crippen LogP contribution in [0.5, 0.6) is 0 Å². The van der Waals surface area contributed by atoms with Crippen molar-refractivity contribution in [3.8, 4) is 0 Å². The van der Waals surface area contributed by atoms with E-state index < -0.39 is 26.0 Å². The monoisotopic (exact) mass is 254 g/mol. The average Bonchev–Trinajstić information content (AvgIpc) is 2.60. The van der Waals surface area contributed by atoms with Gasteiger partial charge in [0.15, 0.2) is 0 Å². The largest absolute Gasteiger partial charge is 0.361 e. The summed E-state index contributed by atoms with van der Waals surface area (Å²) in [5.41, 5.74) is 0. The van der Waals surface area contributed by atoms with Crippen molar-refractivity contribution < 1.29 is 11.0 Å². The molecule has 66 valence electrons. The lowest BCUT2D eigenvalue weighted by Crippen LogP contribution is -2.43. The minimum atomic E-state index is -2.77. The molecule has 0 bridgehead atoms. The third kappa shape index (κ3) is 1.81. The number of halogens is 1. The predicted octanol–water partition coefficient (Wildman–Crippen LogP) is 1.92. The van der Waals surface area contributed by atoms with E-state index in [1.807, 2.05) is 0 Å². The van der Waals surface area contributed by atoms with Crippen LogP contribution in [0.15, 0.2) is 15.9 Å². The molecule has 12 heavy (non-hydrogen) atoms. The zero-order chi connectivity index (χ0) is 15.6. The van der Waals surface area contributed by atoms with E-state index in [0.717, 1.165) is 11.3 Å². The van der Waals surface area contributed by atoms with Gasteiger partial charge in [-0.1, -0.05) is 0 Å². The Hall–Kier alpha value is -0.0600. The number of nitrogens with zero attached hydrogens (tertiary/aromatic N) is 1. The van der Waals surface area contributed by atoms with Gasteiger partial charge in [-0.25, -0.2) is 0 Å². The van der Waals surface area contributed by atoms with Gasteiger partial charge in [-0.15, -0.1) is 11.3 Å². The van der Waals surface area contributed by atoms with Crippen LogP contribution >= 0.6 is 27.3 Å². The van der Waals surface area contributed by atoms with E-state index in [4.69, 9.17) is 11.0 Å². The summed E-state index contributed by atoms with van der Waals surface area (Å²) in [5.74, 6) is 0. The van der Waals surface area contributed by atoms with E-state index in [1.165, 1.54) is 6.07 Å². The Morgan fingerprint density at radius 1 is 1.58 bits per heavy atom. The van der Waals surface area contributed by atoms with Gasteiger partial charge in [-0.05, 0) is 22.0 Å². The number of anilines is 1. The molecule has 1 aromatic heterocycles. The van der Waals surface area contributed by atoms with Crippen molar-refractivity contribution in [1.82, 2.24) is 5.32 Å². The SMILES string of the molecule is [2H]C1([2H])NC([2H])([2H])C([2H])([2H])N(c2cc(Br)cs2)C1([2H])[2H]. The molecule has 0 spiro atoms. The van der Waals surface area contributed by atoms with Gasteiger partial charge >= 0.3 is 0 Å². The van der Waals surface area contributed by atoms with E-state index in [2.05, 4.69) is 15.9 Å². The van der Waals surface area contributed by atoms with E-state index in [9.17, 15) is 0 Å². The highest BCUT2D eigenvalue weighted by Gasteiger charge is 2.11. The first-order valence-electron chi connectivity index (χ1n) is 7.17. The standard InChI is InChI=1S/C8H11BrN2S/c9-7-5-8(12-6-7)11-3-1-10-2-4-11/h5-6,10H,1-4H2/i1D2,2D2,3D2,4D2. The van der Waals surface area contributed by atoms with Crippen LogP contribution in [0.25, 0.3) is 0 Å². The van der Waals surface area contributed by atoms with Crippen LogP contribution in [0.2, 0.25) is 0 Å². The molecule has 2 rings (SSSR count). The second kappa shape index (κ2) is 3.77. The van der Waals surface area contributed by atoms with Crippen molar-refractivity contribution in [3.63, 3.8) is 0 Å². The average molecular weight is 255 g/mol. The Morgan fingerprint density at radius 3 is 2.92 bits per heavy atom. The second-order valence-electron chi connectivity index (χ2n) is 2.04. The molecule has 0 aliphatic carbocycles. The molecule has 1 saturated heterocycles. The van der Waals surface area contributed by atoms with E-state index in [1.54, 1.807) is 10.7 Å². The van der Waals surface area contributed by atoms with Crippen molar-refractivity contribution in [3.05, 3.63) is 15.9 Å². The van der Waals surface area contributed by atoms with Crippen molar-refractivity contribution in [1.29, 1.82) is 0 Å². The van der Waals surface area contributed by atoms with E-state index in [-0.39, 0.29) is 5.00 Å². The third-order valence-electron chi connectivity index (χ3n) is 1.23. The van der Waals surface area contributed by atoms with Gasteiger partial charge in [-0.3, -0.25) is 0 Å². The molecular weight excluding hydrogens is 236 g/mol. The summed E-state index contributed by atoms with van der Waals surface area (Å²) in [6.45, 7) is -11.1. The molecule has 2 heterocycles. The summed E-state index contributed by atoms with van der Waals surface area (Å²) in [7, 11) is 0. The number of thiophene rings is 1. The van der Waals surface area contributed by atoms with Gasteiger partial charge in [0.2, 0.25) is 0 Å². The summed E-state index contributed by atoms with van der Waals surface area (Å²) in [4.78, 5) is 0.520. The fourth-order valence-electron chi connectivity index (χ4n) is 0.757. The zero-order valence-corrected chi connectivity index (χ0v) is 8.29. The van der Waals surface area contributed by atoms with Gasteiger partial charge in [-0.2, -0.15) is 0 Å². The van der Waals surface area contributed by atoms with E-state index in [0.29, 0.717) is 9.37 Å². The van der Waals surface area contributed by atoms with Crippen LogP contribution in [-0.2, 0) is 0 Å². The Labute approximate surface area is 95.9 Å². The zero-order valence-electron chi connectivity index (χ0n) is 13.9. The highest BCUT2D eigenvalue weighted by atomic mass is 79.9. The van der Waals surface area contributed by atoms with Crippen LogP contribution in [-0.4, -0.2) is 26.0 Å². The lowest BCUT2D eigenvalue weighted by atomic mass is 10.4. The fraction of sp³-hybridized carbons (Fsp3) is 0.500. The van der Waals surface area contributed by atoms with Crippen LogP contribution in [0.3, 0.4) is 0 Å². The van der Waals surface area contributed by atoms with Crippen molar-refractivity contribution in [2.24, 2.45) is 0 Å². The molecule has 0 saturated carbocycles. The molecule has 0 aromatic carbocycles. The fourth-order valence-corrected chi connectivity index (χ4v) is 2.10. The highest BCUT2D eigenvalue weighted by molar-refractivity contribution is 9.10. The lowest BCUT2D eigenvalue weighted by molar-refractivity contribution is 0.592. The molecule has 1 N–H and O–H groups in total. The summed E-state index contributed by atoms with van der Waals surface area (Å²) in [6, 6.07) is 1.43. The number of hydrogen-bond acceptors (Lipinski definition) is 3. The number of nitrogens with one attached hydrogen (secondary N) is 1. The molecule has 0 unspecified atom stereocenters. The first-order valence-corrected chi connectivity index (χ1v) is 4.84. The van der Waals surface area contributed by atoms with Gasteiger partial charge in [0.1, 0.15) is 0 Å². The Kier molecular flexibility index (Phi) is 1.02. The molecule has 1 aliphatic rings. The maximum Gasteiger partial charge on any atom is 0.0921 e. The van der Waals surface area contributed by atoms with E-state index >= 15 is 0 Å². The molecule has 2 nitrogen and oxygen atoms in total. The summed E-state index contributed by atoms with van der Waals surface area (Å²) in [6.07, 6.45) is 0. The molecule has 0 radical (unpaired) electrons. The first kappa shape index (κ1) is 3.26. The van der Waals surface area contributed by atoms with Crippen molar-refractivity contribution in [2.75, 3.05) is 30.9 Å². The van der Waals surface area contributed by atoms with Crippen LogP contribution in [0.1, 0.15) is 11.0 Å². The number of hydrogen-bond donors (Lipinski definition) is 1. The molecule has 1 fully saturated rings. The van der Waals surface area contributed by atoms with Crippen LogP contribution in [0.4, 0.5) is 5.00 Å². The number of rotatable bonds is 1. The quantitative estimate of drug-likeness (QED) is 0.824. The van der Waals surface area contributed by atoms with Gasteiger partial charge < -0.3 is 10.2 Å². The Balaban J connectivity index is 2.64. The molecule has 0 atom stereocenters. The highest BCUT2D eigenvalue weighted by Crippen LogP contribution is 2.28. The maximum atomic E-state index is 7.90. The van der Waals surface area contributed by atoms with Crippen LogP contribution < -0.4 is 10.2 Å². The summed E-state index contributed by atoms with van der Waals surface area (Å²) >= 11 is 4.17. The molecule has 4 heteroatoms. The summed E-state index contributed by atoms with van der Waals surface area (Å²) < 4.78 is 62.9. The topological polar surface area (TPSA) is 15.3 Å². The second-order valence-corrected chi connectivity index (χ2v) is 3.84. The van der Waals surface area contributed by atoms with Crippen molar-refractivity contribution >= 4 is 32.3 Å². The smallest absolute Gasteiger partial charge is 0.0921 e. The maximum absolute atomic E-state index is 7.90. The Morgan fingerprint density at radius 2 is 2.33 bits per heavy atom. The third-order valence-corrected chi connectivity index (χ3v) is 2.91. The molecule has 1 aliphatic heterocycles. The number of piperazine rings is 1. The Bertz CT molecular complexity index is 504. The van der Waals surface area contributed by atoms with Gasteiger partial charge in [0.05, 0.1) is 10.5 Å².